The number of aliphatic hydroxyl groups is 1. The minimum absolute atomic E-state index is 0.111. The van der Waals surface area contributed by atoms with Gasteiger partial charge in [0.05, 0.1) is 12.7 Å². The third-order valence-corrected chi connectivity index (χ3v) is 2.85. The second-order valence-electron chi connectivity index (χ2n) is 5.64. The van der Waals surface area contributed by atoms with Crippen LogP contribution in [0.5, 0.6) is 0 Å². The lowest BCUT2D eigenvalue weighted by molar-refractivity contribution is 0.0694. The van der Waals surface area contributed by atoms with E-state index in [4.69, 9.17) is 4.74 Å². The van der Waals surface area contributed by atoms with Crippen LogP contribution in [0.3, 0.4) is 0 Å². The van der Waals surface area contributed by atoms with Gasteiger partial charge in [0.1, 0.15) is 5.82 Å². The Balaban J connectivity index is 2.67. The van der Waals surface area contributed by atoms with Crippen LogP contribution in [0.2, 0.25) is 0 Å². The number of nitrogens with zero attached hydrogens (tertiary/aromatic N) is 2. The lowest BCUT2D eigenvalue weighted by Crippen LogP contribution is -2.32. The van der Waals surface area contributed by atoms with Gasteiger partial charge in [0.25, 0.3) is 0 Å². The van der Waals surface area contributed by atoms with Crippen LogP contribution in [0.25, 0.3) is 0 Å². The van der Waals surface area contributed by atoms with Gasteiger partial charge in [-0.2, -0.15) is 0 Å². The summed E-state index contributed by atoms with van der Waals surface area (Å²) in [6, 6.07) is 4.07. The Labute approximate surface area is 110 Å². The molecule has 0 bridgehead atoms. The van der Waals surface area contributed by atoms with Crippen LogP contribution in [0.15, 0.2) is 18.3 Å². The molecule has 1 unspecified atom stereocenters. The zero-order valence-electron chi connectivity index (χ0n) is 12.0. The average Bonchev–Trinajstić information content (AvgIpc) is 2.28. The number of methoxy groups -OCH3 is 1. The number of hydrogen-bond donors (Lipinski definition) is 1. The normalized spacial score (nSPS) is 13.4. The lowest BCUT2D eigenvalue weighted by Gasteiger charge is -2.23. The number of likely N-dealkylation sites (N-methyl/N-ethyl adjacent to an activating group) is 1. The molecule has 1 aromatic heterocycles. The Bertz CT molecular complexity index is 357. The van der Waals surface area contributed by atoms with E-state index in [-0.39, 0.29) is 5.41 Å². The number of pyridine rings is 1. The molecule has 0 aromatic carbocycles. The summed E-state index contributed by atoms with van der Waals surface area (Å²) in [6.45, 7) is 7.33. The van der Waals surface area contributed by atoms with Crippen LogP contribution in [-0.4, -0.2) is 43.5 Å². The largest absolute Gasteiger partial charge is 0.389 e. The second-order valence-corrected chi connectivity index (χ2v) is 5.64. The minimum atomic E-state index is -0.496. The maximum atomic E-state index is 9.67. The molecule has 0 radical (unpaired) electrons. The fraction of sp³-hybridized carbons (Fsp3) is 0.643. The topological polar surface area (TPSA) is 45.6 Å². The van der Waals surface area contributed by atoms with E-state index in [2.05, 4.69) is 31.8 Å². The Kier molecular flexibility index (Phi) is 5.11. The SMILES string of the molecule is COCC(O)CN(C)c1ccc(C(C)(C)C)cn1. The van der Waals surface area contributed by atoms with Crippen molar-refractivity contribution in [1.29, 1.82) is 0 Å². The van der Waals surface area contributed by atoms with E-state index in [0.29, 0.717) is 13.2 Å². The molecule has 4 nitrogen and oxygen atoms in total. The molecule has 0 amide bonds. The number of aliphatic hydroxyl groups excluding tert-OH is 1. The highest BCUT2D eigenvalue weighted by Gasteiger charge is 2.15. The first-order valence-electron chi connectivity index (χ1n) is 6.19. The second kappa shape index (κ2) is 6.16. The first-order valence-corrected chi connectivity index (χ1v) is 6.19. The van der Waals surface area contributed by atoms with Crippen LogP contribution < -0.4 is 4.90 Å². The summed E-state index contributed by atoms with van der Waals surface area (Å²) in [4.78, 5) is 6.36. The number of aromatic nitrogens is 1. The number of ether oxygens (including phenoxy) is 1. The summed E-state index contributed by atoms with van der Waals surface area (Å²) in [7, 11) is 3.50. The molecule has 0 fully saturated rings. The van der Waals surface area contributed by atoms with Crippen LogP contribution in [0, 0.1) is 0 Å². The molecule has 0 saturated carbocycles. The van der Waals surface area contributed by atoms with E-state index in [1.165, 1.54) is 5.56 Å². The summed E-state index contributed by atoms with van der Waals surface area (Å²) in [5, 5.41) is 9.67. The molecule has 1 atom stereocenters. The molecule has 4 heteroatoms. The monoisotopic (exact) mass is 252 g/mol. The van der Waals surface area contributed by atoms with Gasteiger partial charge in [-0.15, -0.1) is 0 Å². The highest BCUT2D eigenvalue weighted by Crippen LogP contribution is 2.22. The van der Waals surface area contributed by atoms with Gasteiger partial charge in [0.2, 0.25) is 0 Å². The molecular formula is C14H24N2O2. The quantitative estimate of drug-likeness (QED) is 0.868. The highest BCUT2D eigenvalue weighted by atomic mass is 16.5. The van der Waals surface area contributed by atoms with Crippen molar-refractivity contribution in [2.75, 3.05) is 32.2 Å². The number of hydrogen-bond acceptors (Lipinski definition) is 4. The van der Waals surface area contributed by atoms with Crippen molar-refractivity contribution in [3.05, 3.63) is 23.9 Å². The number of anilines is 1. The molecule has 1 rings (SSSR count). The van der Waals surface area contributed by atoms with Crippen molar-refractivity contribution in [3.63, 3.8) is 0 Å². The third-order valence-electron chi connectivity index (χ3n) is 2.85. The van der Waals surface area contributed by atoms with Crippen LogP contribution in [0.4, 0.5) is 5.82 Å². The number of rotatable bonds is 5. The van der Waals surface area contributed by atoms with E-state index in [1.807, 2.05) is 24.2 Å². The zero-order valence-corrected chi connectivity index (χ0v) is 12.0. The molecule has 1 N–H and O–H groups in total. The van der Waals surface area contributed by atoms with E-state index in [1.54, 1.807) is 7.11 Å². The van der Waals surface area contributed by atoms with Crippen molar-refractivity contribution in [2.24, 2.45) is 0 Å². The molecule has 0 aliphatic rings. The van der Waals surface area contributed by atoms with Crippen molar-refractivity contribution >= 4 is 5.82 Å². The molecule has 18 heavy (non-hydrogen) atoms. The van der Waals surface area contributed by atoms with Gasteiger partial charge in [0.15, 0.2) is 0 Å². The van der Waals surface area contributed by atoms with Gasteiger partial charge in [-0.3, -0.25) is 0 Å². The van der Waals surface area contributed by atoms with Gasteiger partial charge >= 0.3 is 0 Å². The standard InChI is InChI=1S/C14H24N2O2/c1-14(2,3)11-6-7-13(15-8-11)16(4)9-12(17)10-18-5/h6-8,12,17H,9-10H2,1-5H3. The fourth-order valence-corrected chi connectivity index (χ4v) is 1.71. The molecule has 102 valence electrons. The average molecular weight is 252 g/mol. The molecule has 1 heterocycles. The van der Waals surface area contributed by atoms with Gasteiger partial charge in [-0.25, -0.2) is 4.98 Å². The minimum Gasteiger partial charge on any atom is -0.389 e. The Morgan fingerprint density at radius 1 is 1.39 bits per heavy atom. The summed E-state index contributed by atoms with van der Waals surface area (Å²) in [6.07, 6.45) is 1.40. The van der Waals surface area contributed by atoms with Crippen molar-refractivity contribution in [2.45, 2.75) is 32.3 Å². The molecular weight excluding hydrogens is 228 g/mol. The summed E-state index contributed by atoms with van der Waals surface area (Å²) in [5.41, 5.74) is 1.32. The van der Waals surface area contributed by atoms with Crippen molar-refractivity contribution < 1.29 is 9.84 Å². The molecule has 1 aromatic rings. The summed E-state index contributed by atoms with van der Waals surface area (Å²) < 4.78 is 4.91. The molecule has 0 spiro atoms. The van der Waals surface area contributed by atoms with E-state index >= 15 is 0 Å². The molecule has 0 aliphatic heterocycles. The Hall–Kier alpha value is -1.13. The van der Waals surface area contributed by atoms with Crippen LogP contribution in [0.1, 0.15) is 26.3 Å². The Morgan fingerprint density at radius 3 is 2.50 bits per heavy atom. The van der Waals surface area contributed by atoms with Gasteiger partial charge in [-0.1, -0.05) is 26.8 Å². The maximum Gasteiger partial charge on any atom is 0.128 e. The fourth-order valence-electron chi connectivity index (χ4n) is 1.71. The summed E-state index contributed by atoms with van der Waals surface area (Å²) >= 11 is 0. The maximum absolute atomic E-state index is 9.67. The van der Waals surface area contributed by atoms with Crippen molar-refractivity contribution in [3.8, 4) is 0 Å². The van der Waals surface area contributed by atoms with Crippen LogP contribution >= 0.6 is 0 Å². The smallest absolute Gasteiger partial charge is 0.128 e. The predicted octanol–water partition coefficient (Wildman–Crippen LogP) is 1.82. The molecule has 0 saturated heterocycles. The predicted molar refractivity (Wildman–Crippen MR) is 74.1 cm³/mol. The van der Waals surface area contributed by atoms with Crippen molar-refractivity contribution in [1.82, 2.24) is 4.98 Å². The summed E-state index contributed by atoms with van der Waals surface area (Å²) in [5.74, 6) is 0.859. The van der Waals surface area contributed by atoms with Gasteiger partial charge in [-0.05, 0) is 17.0 Å². The van der Waals surface area contributed by atoms with Gasteiger partial charge < -0.3 is 14.7 Å². The first kappa shape index (κ1) is 14.9. The zero-order chi connectivity index (χ0) is 13.8. The Morgan fingerprint density at radius 2 is 2.06 bits per heavy atom. The van der Waals surface area contributed by atoms with Crippen LogP contribution in [-0.2, 0) is 10.2 Å². The van der Waals surface area contributed by atoms with E-state index in [9.17, 15) is 5.11 Å². The lowest BCUT2D eigenvalue weighted by atomic mass is 9.88. The molecule has 0 aliphatic carbocycles. The van der Waals surface area contributed by atoms with E-state index in [0.717, 1.165) is 5.82 Å². The van der Waals surface area contributed by atoms with Gasteiger partial charge in [0, 0.05) is 26.9 Å². The highest BCUT2D eigenvalue weighted by molar-refractivity contribution is 5.39. The van der Waals surface area contributed by atoms with E-state index < -0.39 is 6.10 Å². The third kappa shape index (κ3) is 4.27. The first-order chi connectivity index (χ1) is 8.34.